The van der Waals surface area contributed by atoms with Gasteiger partial charge in [0.1, 0.15) is 0 Å². The Kier molecular flexibility index (Phi) is 6.91. The van der Waals surface area contributed by atoms with E-state index in [0.717, 1.165) is 32.9 Å². The quantitative estimate of drug-likeness (QED) is 0.464. The number of thiophene rings is 1. The van der Waals surface area contributed by atoms with Gasteiger partial charge < -0.3 is 15.2 Å². The topological polar surface area (TPSA) is 75.6 Å². The van der Waals surface area contributed by atoms with E-state index in [1.807, 2.05) is 6.92 Å². The Morgan fingerprint density at radius 1 is 1.09 bits per heavy atom. The summed E-state index contributed by atoms with van der Waals surface area (Å²) in [5.74, 6) is -1.05. The summed E-state index contributed by atoms with van der Waals surface area (Å²) < 4.78 is 5.66. The van der Waals surface area contributed by atoms with Crippen LogP contribution in [0.2, 0.25) is 0 Å². The molecule has 0 unspecified atom stereocenters. The number of amides is 1. The highest BCUT2D eigenvalue weighted by Crippen LogP contribution is 2.35. The van der Waals surface area contributed by atoms with Crippen LogP contribution in [0.15, 0.2) is 48.5 Å². The number of carbonyl (C=O) groups is 2. The van der Waals surface area contributed by atoms with E-state index in [4.69, 9.17) is 9.84 Å². The number of benzene rings is 2. The Labute approximate surface area is 204 Å². The Balaban J connectivity index is 1.58. The van der Waals surface area contributed by atoms with Gasteiger partial charge in [0.05, 0.1) is 30.4 Å². The van der Waals surface area contributed by atoms with Gasteiger partial charge in [-0.1, -0.05) is 57.2 Å². The van der Waals surface area contributed by atoms with Crippen molar-refractivity contribution in [3.8, 4) is 0 Å². The first-order chi connectivity index (χ1) is 16.1. The molecule has 2 N–H and O–H groups in total. The highest BCUT2D eigenvalue weighted by Gasteiger charge is 2.27. The van der Waals surface area contributed by atoms with E-state index >= 15 is 0 Å². The lowest BCUT2D eigenvalue weighted by atomic mass is 9.86. The van der Waals surface area contributed by atoms with Crippen molar-refractivity contribution in [1.29, 1.82) is 0 Å². The largest absolute Gasteiger partial charge is 0.478 e. The molecule has 4 rings (SSSR count). The minimum absolute atomic E-state index is 0.0875. The number of carboxylic acid groups (broad SMARTS) is 1. The van der Waals surface area contributed by atoms with Crippen molar-refractivity contribution in [3.05, 3.63) is 91.7 Å². The van der Waals surface area contributed by atoms with Crippen molar-refractivity contribution in [2.45, 2.75) is 58.6 Å². The molecular formula is C28H31NO4S. The van der Waals surface area contributed by atoms with E-state index in [-0.39, 0.29) is 22.9 Å². The van der Waals surface area contributed by atoms with E-state index in [2.05, 4.69) is 50.4 Å². The standard InChI is InChI=1S/C28H31NO4S/c1-17(19-7-9-20(10-8-19)27(31)32)29-26(30)25-22-13-14-33-16-24(22)34-23(25)15-18-5-11-21(12-6-18)28(2,3)4/h5-12,17H,13-16H2,1-4H3,(H,29,30)(H,31,32)/t17-/m0/s1. The number of aromatic carboxylic acids is 1. The van der Waals surface area contributed by atoms with Crippen molar-refractivity contribution < 1.29 is 19.4 Å². The minimum Gasteiger partial charge on any atom is -0.478 e. The molecule has 1 atom stereocenters. The van der Waals surface area contributed by atoms with Crippen molar-refractivity contribution in [2.75, 3.05) is 6.61 Å². The number of rotatable bonds is 6. The maximum atomic E-state index is 13.5. The summed E-state index contributed by atoms with van der Waals surface area (Å²) >= 11 is 1.67. The Hall–Kier alpha value is -2.96. The molecule has 0 spiro atoms. The van der Waals surface area contributed by atoms with Gasteiger partial charge in [-0.05, 0) is 53.1 Å². The smallest absolute Gasteiger partial charge is 0.335 e. The maximum Gasteiger partial charge on any atom is 0.335 e. The van der Waals surface area contributed by atoms with Crippen molar-refractivity contribution in [1.82, 2.24) is 5.32 Å². The number of hydrogen-bond donors (Lipinski definition) is 2. The first-order valence-electron chi connectivity index (χ1n) is 11.6. The second-order valence-corrected chi connectivity index (χ2v) is 11.0. The van der Waals surface area contributed by atoms with Crippen LogP contribution in [0.5, 0.6) is 0 Å². The summed E-state index contributed by atoms with van der Waals surface area (Å²) in [7, 11) is 0. The molecule has 0 saturated carbocycles. The van der Waals surface area contributed by atoms with Crippen LogP contribution in [0, 0.1) is 0 Å². The zero-order valence-corrected chi connectivity index (χ0v) is 20.9. The van der Waals surface area contributed by atoms with Crippen molar-refractivity contribution in [2.24, 2.45) is 0 Å². The molecule has 2 aromatic carbocycles. The van der Waals surface area contributed by atoms with Gasteiger partial charge in [0.25, 0.3) is 5.91 Å². The van der Waals surface area contributed by atoms with Gasteiger partial charge in [-0.2, -0.15) is 0 Å². The molecule has 0 radical (unpaired) electrons. The van der Waals surface area contributed by atoms with Gasteiger partial charge in [0, 0.05) is 16.2 Å². The van der Waals surface area contributed by atoms with Gasteiger partial charge in [-0.25, -0.2) is 4.79 Å². The highest BCUT2D eigenvalue weighted by atomic mass is 32.1. The number of hydrogen-bond acceptors (Lipinski definition) is 4. The molecule has 6 heteroatoms. The molecule has 2 heterocycles. The summed E-state index contributed by atoms with van der Waals surface area (Å²) in [5, 5.41) is 12.3. The molecule has 1 aromatic heterocycles. The first kappa shape index (κ1) is 24.2. The minimum atomic E-state index is -0.962. The summed E-state index contributed by atoms with van der Waals surface area (Å²) in [5.41, 5.74) is 5.54. The molecular weight excluding hydrogens is 446 g/mol. The van der Waals surface area contributed by atoms with Crippen LogP contribution in [0.4, 0.5) is 0 Å². The van der Waals surface area contributed by atoms with Crippen molar-refractivity contribution in [3.63, 3.8) is 0 Å². The van der Waals surface area contributed by atoms with E-state index in [1.54, 1.807) is 35.6 Å². The normalized spacial score (nSPS) is 14.4. The summed E-state index contributed by atoms with van der Waals surface area (Å²) in [6.45, 7) is 9.70. The van der Waals surface area contributed by atoms with Crippen LogP contribution >= 0.6 is 11.3 Å². The number of fused-ring (bicyclic) bond motifs is 1. The first-order valence-corrected chi connectivity index (χ1v) is 12.4. The van der Waals surface area contributed by atoms with Gasteiger partial charge in [-0.3, -0.25) is 4.79 Å². The lowest BCUT2D eigenvalue weighted by Crippen LogP contribution is -2.28. The summed E-state index contributed by atoms with van der Waals surface area (Å²) in [6, 6.07) is 15.1. The van der Waals surface area contributed by atoms with E-state index in [9.17, 15) is 9.59 Å². The monoisotopic (exact) mass is 477 g/mol. The summed E-state index contributed by atoms with van der Waals surface area (Å²) in [6.07, 6.45) is 1.44. The van der Waals surface area contributed by atoms with Gasteiger partial charge in [0.15, 0.2) is 0 Å². The Morgan fingerprint density at radius 2 is 1.76 bits per heavy atom. The molecule has 1 amide bonds. The lowest BCUT2D eigenvalue weighted by molar-refractivity contribution is 0.0696. The third kappa shape index (κ3) is 5.24. The predicted molar refractivity (Wildman–Crippen MR) is 135 cm³/mol. The fraction of sp³-hybridized carbons (Fsp3) is 0.357. The second kappa shape index (κ2) is 9.72. The number of carboxylic acids is 1. The Morgan fingerprint density at radius 3 is 2.38 bits per heavy atom. The van der Waals surface area contributed by atoms with Crippen LogP contribution < -0.4 is 5.32 Å². The predicted octanol–water partition coefficient (Wildman–Crippen LogP) is 5.90. The fourth-order valence-electron chi connectivity index (χ4n) is 4.25. The molecule has 0 aliphatic carbocycles. The average Bonchev–Trinajstić information content (AvgIpc) is 3.16. The molecule has 5 nitrogen and oxygen atoms in total. The van der Waals surface area contributed by atoms with E-state index < -0.39 is 5.97 Å². The third-order valence-electron chi connectivity index (χ3n) is 6.31. The third-order valence-corrected chi connectivity index (χ3v) is 7.52. The van der Waals surface area contributed by atoms with Crippen LogP contribution in [0.1, 0.15) is 86.5 Å². The van der Waals surface area contributed by atoms with Crippen LogP contribution in [-0.2, 0) is 29.6 Å². The average molecular weight is 478 g/mol. The van der Waals surface area contributed by atoms with E-state index in [0.29, 0.717) is 19.6 Å². The lowest BCUT2D eigenvalue weighted by Gasteiger charge is -2.19. The van der Waals surface area contributed by atoms with Crippen LogP contribution in [0.3, 0.4) is 0 Å². The molecule has 1 aliphatic rings. The van der Waals surface area contributed by atoms with Crippen LogP contribution in [0.25, 0.3) is 0 Å². The van der Waals surface area contributed by atoms with Gasteiger partial charge in [0.2, 0.25) is 0 Å². The zero-order valence-electron chi connectivity index (χ0n) is 20.1. The molecule has 0 saturated heterocycles. The number of carbonyl (C=O) groups excluding carboxylic acids is 1. The van der Waals surface area contributed by atoms with Crippen molar-refractivity contribution >= 4 is 23.2 Å². The summed E-state index contributed by atoms with van der Waals surface area (Å²) in [4.78, 5) is 26.8. The second-order valence-electron chi connectivity index (χ2n) is 9.85. The molecule has 34 heavy (non-hydrogen) atoms. The number of ether oxygens (including phenoxy) is 1. The molecule has 3 aromatic rings. The molecule has 0 bridgehead atoms. The number of nitrogens with one attached hydrogen (secondary N) is 1. The molecule has 1 aliphatic heterocycles. The van der Waals surface area contributed by atoms with Crippen LogP contribution in [-0.4, -0.2) is 23.6 Å². The Bertz CT molecular complexity index is 1190. The SMILES string of the molecule is C[C@H](NC(=O)c1c(Cc2ccc(C(C)(C)C)cc2)sc2c1CCOC2)c1ccc(C(=O)O)cc1. The fourth-order valence-corrected chi connectivity index (χ4v) is 5.58. The molecule has 178 valence electrons. The van der Waals surface area contributed by atoms with Gasteiger partial charge in [-0.15, -0.1) is 11.3 Å². The van der Waals surface area contributed by atoms with E-state index in [1.165, 1.54) is 11.1 Å². The molecule has 0 fully saturated rings. The van der Waals surface area contributed by atoms with Gasteiger partial charge >= 0.3 is 5.97 Å². The zero-order chi connectivity index (χ0) is 24.5. The maximum absolute atomic E-state index is 13.5. The highest BCUT2D eigenvalue weighted by molar-refractivity contribution is 7.12.